The quantitative estimate of drug-likeness (QED) is 0.820. The second-order valence-electron chi connectivity index (χ2n) is 7.85. The van der Waals surface area contributed by atoms with Crippen molar-refractivity contribution < 1.29 is 14.3 Å². The number of amides is 1. The van der Waals surface area contributed by atoms with E-state index in [0.717, 1.165) is 43.1 Å². The minimum absolute atomic E-state index is 0.245. The van der Waals surface area contributed by atoms with Crippen LogP contribution in [0.2, 0.25) is 0 Å². The monoisotopic (exact) mass is 412 g/mol. The van der Waals surface area contributed by atoms with E-state index >= 15 is 0 Å². The molecule has 9 heteroatoms. The van der Waals surface area contributed by atoms with Gasteiger partial charge >= 0.3 is 6.09 Å². The molecule has 0 atom stereocenters. The molecule has 9 nitrogen and oxygen atoms in total. The van der Waals surface area contributed by atoms with Gasteiger partial charge in [0.05, 0.1) is 12.3 Å². The minimum Gasteiger partial charge on any atom is -0.448 e. The zero-order chi connectivity index (χ0) is 21.3. The number of piperazine rings is 1. The highest BCUT2D eigenvalue weighted by atomic mass is 16.6. The number of benzene rings is 1. The van der Waals surface area contributed by atoms with Gasteiger partial charge in [0, 0.05) is 56.1 Å². The van der Waals surface area contributed by atoms with Crippen LogP contribution in [0.4, 0.5) is 16.3 Å². The number of hydrogen-bond donors (Lipinski definition) is 1. The normalized spacial score (nSPS) is 17.1. The van der Waals surface area contributed by atoms with Crippen LogP contribution in [0.3, 0.4) is 0 Å². The van der Waals surface area contributed by atoms with Gasteiger partial charge in [0.15, 0.2) is 5.82 Å². The van der Waals surface area contributed by atoms with Crippen LogP contribution < -0.4 is 10.2 Å². The van der Waals surface area contributed by atoms with Gasteiger partial charge in [0.25, 0.3) is 5.91 Å². The van der Waals surface area contributed by atoms with E-state index in [-0.39, 0.29) is 12.5 Å². The van der Waals surface area contributed by atoms with E-state index < -0.39 is 6.09 Å². The molecule has 0 spiro atoms. The Morgan fingerprint density at radius 1 is 1.03 bits per heavy atom. The van der Waals surface area contributed by atoms with Crippen LogP contribution in [-0.4, -0.2) is 78.5 Å². The summed E-state index contributed by atoms with van der Waals surface area (Å²) in [4.78, 5) is 31.7. The maximum Gasteiger partial charge on any atom is 0.435 e. The summed E-state index contributed by atoms with van der Waals surface area (Å²) in [6.07, 6.45) is -0.527. The Bertz CT molecular complexity index is 931. The van der Waals surface area contributed by atoms with Crippen LogP contribution in [0.5, 0.6) is 0 Å². The maximum absolute atomic E-state index is 12.8. The Morgan fingerprint density at radius 2 is 1.73 bits per heavy atom. The zero-order valence-corrected chi connectivity index (χ0v) is 17.7. The summed E-state index contributed by atoms with van der Waals surface area (Å²) in [5.74, 6) is 0.168. The fraction of sp³-hybridized carbons (Fsp3) is 0.476. The maximum atomic E-state index is 12.8. The molecule has 0 bridgehead atoms. The predicted molar refractivity (Wildman–Crippen MR) is 114 cm³/mol. The Hall–Kier alpha value is -2.91. The summed E-state index contributed by atoms with van der Waals surface area (Å²) in [6, 6.07) is 7.63. The largest absolute Gasteiger partial charge is 0.448 e. The van der Waals surface area contributed by atoms with Crippen LogP contribution >= 0.6 is 0 Å². The second-order valence-corrected chi connectivity index (χ2v) is 7.85. The molecule has 1 N–H and O–H groups in total. The van der Waals surface area contributed by atoms with E-state index in [0.29, 0.717) is 24.5 Å². The number of likely N-dealkylation sites (N-methyl/N-ethyl adjacent to an activating group) is 1. The van der Waals surface area contributed by atoms with Gasteiger partial charge in [0.2, 0.25) is 0 Å². The van der Waals surface area contributed by atoms with Gasteiger partial charge in [-0.15, -0.1) is 5.10 Å². The molecule has 30 heavy (non-hydrogen) atoms. The van der Waals surface area contributed by atoms with Crippen molar-refractivity contribution in [3.05, 3.63) is 41.1 Å². The summed E-state index contributed by atoms with van der Waals surface area (Å²) < 4.78 is 6.35. The predicted octanol–water partition coefficient (Wildman–Crippen LogP) is 1.84. The number of aromatic nitrogens is 2. The van der Waals surface area contributed by atoms with Gasteiger partial charge < -0.3 is 19.9 Å². The number of nitrogens with one attached hydrogen (secondary N) is 1. The third-order valence-corrected chi connectivity index (χ3v) is 5.61. The summed E-state index contributed by atoms with van der Waals surface area (Å²) in [6.45, 7) is 7.24. The van der Waals surface area contributed by atoms with Crippen molar-refractivity contribution in [2.45, 2.75) is 20.0 Å². The fourth-order valence-corrected chi connectivity index (χ4v) is 3.90. The molecule has 4 rings (SSSR count). The van der Waals surface area contributed by atoms with Gasteiger partial charge in [-0.25, -0.2) is 4.79 Å². The van der Waals surface area contributed by atoms with Crippen molar-refractivity contribution in [3.63, 3.8) is 0 Å². The van der Waals surface area contributed by atoms with Gasteiger partial charge in [-0.1, -0.05) is 0 Å². The topological polar surface area (TPSA) is 82.9 Å². The molecule has 1 amide bonds. The van der Waals surface area contributed by atoms with E-state index in [9.17, 15) is 9.59 Å². The average Bonchev–Trinajstić information content (AvgIpc) is 3.27. The number of fused-ring (bicyclic) bond motifs is 1. The summed E-state index contributed by atoms with van der Waals surface area (Å²) >= 11 is 0. The lowest BCUT2D eigenvalue weighted by Gasteiger charge is -2.34. The first kappa shape index (κ1) is 20.4. The molecule has 2 aliphatic rings. The van der Waals surface area contributed by atoms with Crippen LogP contribution in [0, 0.1) is 0 Å². The summed E-state index contributed by atoms with van der Waals surface area (Å²) in [7, 11) is 4.08. The van der Waals surface area contributed by atoms with Crippen molar-refractivity contribution in [1.29, 1.82) is 0 Å². The molecule has 2 aromatic rings. The van der Waals surface area contributed by atoms with Crippen molar-refractivity contribution in [1.82, 2.24) is 19.6 Å². The van der Waals surface area contributed by atoms with E-state index in [2.05, 4.69) is 32.2 Å². The third kappa shape index (κ3) is 4.03. The van der Waals surface area contributed by atoms with Crippen LogP contribution in [-0.2, 0) is 17.8 Å². The van der Waals surface area contributed by atoms with E-state index in [1.54, 1.807) is 6.92 Å². The van der Waals surface area contributed by atoms with Gasteiger partial charge in [0.1, 0.15) is 0 Å². The molecule has 2 aliphatic heterocycles. The number of hydrogen-bond acceptors (Lipinski definition) is 7. The molecule has 1 saturated heterocycles. The SMILES string of the molecule is CCOC(=O)n1nc(NC(=O)c2ccc(N3CCN(C)CC3)cc2)c2c1CN(C)C2. The van der Waals surface area contributed by atoms with E-state index in [4.69, 9.17) is 4.74 Å². The Kier molecular flexibility index (Phi) is 5.74. The van der Waals surface area contributed by atoms with Crippen LogP contribution in [0.15, 0.2) is 24.3 Å². The van der Waals surface area contributed by atoms with E-state index in [1.807, 2.05) is 31.3 Å². The van der Waals surface area contributed by atoms with Crippen LogP contribution in [0.25, 0.3) is 0 Å². The molecule has 1 fully saturated rings. The molecular formula is C21H28N6O3. The molecule has 1 aromatic heterocycles. The van der Waals surface area contributed by atoms with Crippen molar-refractivity contribution in [2.24, 2.45) is 0 Å². The molecule has 0 saturated carbocycles. The standard InChI is InChI=1S/C21H28N6O3/c1-4-30-21(29)27-18-14-25(3)13-17(18)19(23-27)22-20(28)15-5-7-16(8-6-15)26-11-9-24(2)10-12-26/h5-8H,4,9-14H2,1-3H3,(H,22,23,28). The Labute approximate surface area is 176 Å². The summed E-state index contributed by atoms with van der Waals surface area (Å²) in [5.41, 5.74) is 3.29. The first-order valence-electron chi connectivity index (χ1n) is 10.3. The van der Waals surface area contributed by atoms with E-state index in [1.165, 1.54) is 4.68 Å². The number of nitrogens with zero attached hydrogens (tertiary/aromatic N) is 5. The smallest absolute Gasteiger partial charge is 0.435 e. The highest BCUT2D eigenvalue weighted by Gasteiger charge is 2.29. The van der Waals surface area contributed by atoms with Crippen molar-refractivity contribution in [3.8, 4) is 0 Å². The number of carbonyl (C=O) groups excluding carboxylic acids is 2. The molecule has 0 unspecified atom stereocenters. The Morgan fingerprint density at radius 3 is 2.40 bits per heavy atom. The van der Waals surface area contributed by atoms with Gasteiger partial charge in [-0.3, -0.25) is 9.69 Å². The first-order valence-corrected chi connectivity index (χ1v) is 10.3. The molecular weight excluding hydrogens is 384 g/mol. The molecule has 0 aliphatic carbocycles. The molecule has 0 radical (unpaired) electrons. The molecule has 160 valence electrons. The molecule has 1 aromatic carbocycles. The third-order valence-electron chi connectivity index (χ3n) is 5.61. The lowest BCUT2D eigenvalue weighted by molar-refractivity contribution is 0.102. The first-order chi connectivity index (χ1) is 14.5. The van der Waals surface area contributed by atoms with Crippen molar-refractivity contribution in [2.75, 3.05) is 57.1 Å². The van der Waals surface area contributed by atoms with Crippen LogP contribution in [0.1, 0.15) is 28.5 Å². The molecule has 3 heterocycles. The highest BCUT2D eigenvalue weighted by Crippen LogP contribution is 2.29. The number of anilines is 2. The van der Waals surface area contributed by atoms with Gasteiger partial charge in [-0.2, -0.15) is 4.68 Å². The Balaban J connectivity index is 1.49. The van der Waals surface area contributed by atoms with Gasteiger partial charge in [-0.05, 0) is 45.3 Å². The number of ether oxygens (including phenoxy) is 1. The highest BCUT2D eigenvalue weighted by molar-refractivity contribution is 6.04. The number of carbonyl (C=O) groups is 2. The summed E-state index contributed by atoms with van der Waals surface area (Å²) in [5, 5.41) is 7.19. The minimum atomic E-state index is -0.527. The lowest BCUT2D eigenvalue weighted by Crippen LogP contribution is -2.44. The lowest BCUT2D eigenvalue weighted by atomic mass is 10.1. The number of rotatable bonds is 4. The second kappa shape index (κ2) is 8.45. The zero-order valence-electron chi connectivity index (χ0n) is 17.7. The van der Waals surface area contributed by atoms with Crippen molar-refractivity contribution >= 4 is 23.5 Å². The average molecular weight is 412 g/mol. The fourth-order valence-electron chi connectivity index (χ4n) is 3.90.